The highest BCUT2D eigenvalue weighted by atomic mass is 16.5. The van der Waals surface area contributed by atoms with Crippen molar-refractivity contribution in [1.82, 2.24) is 0 Å². The SMILES string of the molecule is CCCCCCCCCCCCOc1ccc(NC(=O)c2ccc(C(=O)O)cc2)cc1. The van der Waals surface area contributed by atoms with Gasteiger partial charge in [0.05, 0.1) is 12.2 Å². The summed E-state index contributed by atoms with van der Waals surface area (Å²) in [5.74, 6) is -0.504. The van der Waals surface area contributed by atoms with Crippen molar-refractivity contribution in [3.63, 3.8) is 0 Å². The maximum absolute atomic E-state index is 12.3. The number of nitrogens with one attached hydrogen (secondary N) is 1. The first kappa shape index (κ1) is 24.4. The van der Waals surface area contributed by atoms with E-state index in [2.05, 4.69) is 12.2 Å². The molecule has 2 rings (SSSR count). The van der Waals surface area contributed by atoms with Crippen molar-refractivity contribution in [2.45, 2.75) is 71.1 Å². The zero-order valence-electron chi connectivity index (χ0n) is 18.6. The van der Waals surface area contributed by atoms with Crippen LogP contribution in [-0.2, 0) is 0 Å². The van der Waals surface area contributed by atoms with E-state index in [1.54, 1.807) is 12.1 Å². The zero-order chi connectivity index (χ0) is 22.3. The predicted octanol–water partition coefficient (Wildman–Crippen LogP) is 6.94. The number of carbonyl (C=O) groups is 2. The number of rotatable bonds is 15. The molecule has 0 aliphatic carbocycles. The maximum Gasteiger partial charge on any atom is 0.335 e. The topological polar surface area (TPSA) is 75.6 Å². The van der Waals surface area contributed by atoms with Gasteiger partial charge in [-0.3, -0.25) is 4.79 Å². The molecule has 0 spiro atoms. The lowest BCUT2D eigenvalue weighted by Gasteiger charge is -2.09. The zero-order valence-corrected chi connectivity index (χ0v) is 18.6. The molecule has 0 fully saturated rings. The summed E-state index contributed by atoms with van der Waals surface area (Å²) in [5, 5.41) is 11.7. The van der Waals surface area contributed by atoms with Crippen LogP contribution in [0.4, 0.5) is 5.69 Å². The fraction of sp³-hybridized carbons (Fsp3) is 0.462. The van der Waals surface area contributed by atoms with Crippen molar-refractivity contribution in [2.24, 2.45) is 0 Å². The van der Waals surface area contributed by atoms with Gasteiger partial charge in [-0.1, -0.05) is 64.7 Å². The van der Waals surface area contributed by atoms with E-state index in [9.17, 15) is 9.59 Å². The lowest BCUT2D eigenvalue weighted by molar-refractivity contribution is 0.0696. The van der Waals surface area contributed by atoms with Gasteiger partial charge < -0.3 is 15.2 Å². The van der Waals surface area contributed by atoms with Crippen LogP contribution < -0.4 is 10.1 Å². The maximum atomic E-state index is 12.3. The number of anilines is 1. The minimum Gasteiger partial charge on any atom is -0.494 e. The highest BCUT2D eigenvalue weighted by Crippen LogP contribution is 2.18. The van der Waals surface area contributed by atoms with Crippen LogP contribution in [0.3, 0.4) is 0 Å². The average molecular weight is 426 g/mol. The van der Waals surface area contributed by atoms with Crippen LogP contribution in [0.15, 0.2) is 48.5 Å². The second-order valence-corrected chi connectivity index (χ2v) is 7.89. The van der Waals surface area contributed by atoms with Gasteiger partial charge in [0.15, 0.2) is 0 Å². The molecule has 1 amide bonds. The minimum atomic E-state index is -1.01. The summed E-state index contributed by atoms with van der Waals surface area (Å²) in [5.41, 5.74) is 1.23. The summed E-state index contributed by atoms with van der Waals surface area (Å²) in [4.78, 5) is 23.2. The quantitative estimate of drug-likeness (QED) is 0.303. The van der Waals surface area contributed by atoms with Crippen LogP contribution >= 0.6 is 0 Å². The molecule has 0 aromatic heterocycles. The Morgan fingerprint density at radius 3 is 1.81 bits per heavy atom. The highest BCUT2D eigenvalue weighted by Gasteiger charge is 2.08. The molecule has 0 radical (unpaired) electrons. The summed E-state index contributed by atoms with van der Waals surface area (Å²) >= 11 is 0. The summed E-state index contributed by atoms with van der Waals surface area (Å²) in [7, 11) is 0. The third-order valence-electron chi connectivity index (χ3n) is 5.27. The number of aromatic carboxylic acids is 1. The van der Waals surface area contributed by atoms with Crippen molar-refractivity contribution < 1.29 is 19.4 Å². The van der Waals surface area contributed by atoms with Crippen LogP contribution in [0.5, 0.6) is 5.75 Å². The fourth-order valence-corrected chi connectivity index (χ4v) is 3.38. The molecule has 0 bridgehead atoms. The Labute approximate surface area is 185 Å². The van der Waals surface area contributed by atoms with Gasteiger partial charge in [0, 0.05) is 11.3 Å². The van der Waals surface area contributed by atoms with Gasteiger partial charge in [0.2, 0.25) is 0 Å². The molecule has 0 aliphatic heterocycles. The number of hydrogen-bond acceptors (Lipinski definition) is 3. The molecule has 2 aromatic carbocycles. The smallest absolute Gasteiger partial charge is 0.335 e. The Hall–Kier alpha value is -2.82. The monoisotopic (exact) mass is 425 g/mol. The van der Waals surface area contributed by atoms with Crippen LogP contribution in [0.25, 0.3) is 0 Å². The molecule has 31 heavy (non-hydrogen) atoms. The van der Waals surface area contributed by atoms with Crippen LogP contribution in [0.1, 0.15) is 91.8 Å². The van der Waals surface area contributed by atoms with E-state index in [4.69, 9.17) is 9.84 Å². The molecule has 0 heterocycles. The molecule has 0 aliphatic rings. The van der Waals surface area contributed by atoms with E-state index in [0.717, 1.165) is 12.2 Å². The van der Waals surface area contributed by atoms with Gasteiger partial charge in [-0.25, -0.2) is 4.79 Å². The summed E-state index contributed by atoms with van der Waals surface area (Å²) in [6, 6.07) is 13.1. The molecule has 2 aromatic rings. The first-order valence-corrected chi connectivity index (χ1v) is 11.5. The summed E-state index contributed by atoms with van der Waals surface area (Å²) < 4.78 is 5.79. The van der Waals surface area contributed by atoms with Crippen LogP contribution in [-0.4, -0.2) is 23.6 Å². The molecular weight excluding hydrogens is 390 g/mol. The van der Waals surface area contributed by atoms with Crippen molar-refractivity contribution in [3.05, 3.63) is 59.7 Å². The third-order valence-corrected chi connectivity index (χ3v) is 5.27. The second kappa shape index (κ2) is 14.2. The van der Waals surface area contributed by atoms with Gasteiger partial charge in [0.1, 0.15) is 5.75 Å². The summed E-state index contributed by atoms with van der Waals surface area (Å²) in [6.07, 6.45) is 13.0. The fourth-order valence-electron chi connectivity index (χ4n) is 3.38. The van der Waals surface area contributed by atoms with E-state index in [1.807, 2.05) is 12.1 Å². The number of unbranched alkanes of at least 4 members (excludes halogenated alkanes) is 9. The average Bonchev–Trinajstić information content (AvgIpc) is 2.78. The lowest BCUT2D eigenvalue weighted by Crippen LogP contribution is -2.12. The molecule has 0 unspecified atom stereocenters. The van der Waals surface area contributed by atoms with E-state index >= 15 is 0 Å². The largest absolute Gasteiger partial charge is 0.494 e. The number of amides is 1. The third kappa shape index (κ3) is 9.69. The molecule has 2 N–H and O–H groups in total. The molecule has 168 valence electrons. The number of carbonyl (C=O) groups excluding carboxylic acids is 1. The highest BCUT2D eigenvalue weighted by molar-refractivity contribution is 6.04. The number of ether oxygens (including phenoxy) is 1. The van der Waals surface area contributed by atoms with Crippen molar-refractivity contribution in [2.75, 3.05) is 11.9 Å². The normalized spacial score (nSPS) is 10.6. The number of benzene rings is 2. The Kier molecular flexibility index (Phi) is 11.2. The number of carboxylic acids is 1. The molecular formula is C26H35NO4. The Morgan fingerprint density at radius 2 is 1.26 bits per heavy atom. The van der Waals surface area contributed by atoms with Crippen LogP contribution in [0.2, 0.25) is 0 Å². The van der Waals surface area contributed by atoms with Crippen LogP contribution in [0, 0.1) is 0 Å². The Bertz CT molecular complexity index is 784. The van der Waals surface area contributed by atoms with Crippen molar-refractivity contribution in [3.8, 4) is 5.75 Å². The lowest BCUT2D eigenvalue weighted by atomic mass is 10.1. The van der Waals surface area contributed by atoms with E-state index in [1.165, 1.54) is 82.1 Å². The Balaban J connectivity index is 1.60. The summed E-state index contributed by atoms with van der Waals surface area (Å²) in [6.45, 7) is 2.96. The molecule has 0 saturated carbocycles. The number of hydrogen-bond donors (Lipinski definition) is 2. The predicted molar refractivity (Wildman–Crippen MR) is 125 cm³/mol. The molecule has 5 nitrogen and oxygen atoms in total. The van der Waals surface area contributed by atoms with Gasteiger partial charge in [0.25, 0.3) is 5.91 Å². The Morgan fingerprint density at radius 1 is 0.742 bits per heavy atom. The second-order valence-electron chi connectivity index (χ2n) is 7.89. The van der Waals surface area contributed by atoms with E-state index in [-0.39, 0.29) is 11.5 Å². The van der Waals surface area contributed by atoms with Crippen molar-refractivity contribution in [1.29, 1.82) is 0 Å². The first-order valence-electron chi connectivity index (χ1n) is 11.5. The minimum absolute atomic E-state index is 0.153. The van der Waals surface area contributed by atoms with Crippen molar-refractivity contribution >= 4 is 17.6 Å². The van der Waals surface area contributed by atoms with Gasteiger partial charge in [-0.2, -0.15) is 0 Å². The standard InChI is InChI=1S/C26H35NO4/c1-2-3-4-5-6-7-8-9-10-11-20-31-24-18-16-23(17-19-24)27-25(28)21-12-14-22(15-13-21)26(29)30/h12-19H,2-11,20H2,1H3,(H,27,28)(H,29,30). The van der Waals surface area contributed by atoms with Gasteiger partial charge >= 0.3 is 5.97 Å². The molecule has 0 atom stereocenters. The first-order chi connectivity index (χ1) is 15.1. The van der Waals surface area contributed by atoms with Gasteiger partial charge in [-0.05, 0) is 55.0 Å². The molecule has 5 heteroatoms. The van der Waals surface area contributed by atoms with Gasteiger partial charge in [-0.15, -0.1) is 0 Å². The van der Waals surface area contributed by atoms with E-state index in [0.29, 0.717) is 17.9 Å². The molecule has 0 saturated heterocycles. The van der Waals surface area contributed by atoms with E-state index < -0.39 is 5.97 Å². The number of carboxylic acid groups (broad SMARTS) is 1.